The molecule has 1 heterocycles. The van der Waals surface area contributed by atoms with Crippen LogP contribution in [0.25, 0.3) is 0 Å². The van der Waals surface area contributed by atoms with E-state index in [2.05, 4.69) is 43.0 Å². The van der Waals surface area contributed by atoms with E-state index < -0.39 is 0 Å². The van der Waals surface area contributed by atoms with E-state index >= 15 is 0 Å². The van der Waals surface area contributed by atoms with E-state index in [1.54, 1.807) is 0 Å². The van der Waals surface area contributed by atoms with Crippen LogP contribution in [0.3, 0.4) is 0 Å². The second-order valence-electron chi connectivity index (χ2n) is 5.15. The summed E-state index contributed by atoms with van der Waals surface area (Å²) in [5.41, 5.74) is 3.67. The first-order chi connectivity index (χ1) is 8.13. The zero-order valence-corrected chi connectivity index (χ0v) is 11.4. The molecule has 1 unspecified atom stereocenters. The first kappa shape index (κ1) is 12.5. The average molecular weight is 233 g/mol. The summed E-state index contributed by atoms with van der Waals surface area (Å²) in [5, 5.41) is 3.40. The van der Waals surface area contributed by atoms with Gasteiger partial charge in [-0.15, -0.1) is 0 Å². The number of hydrogen-bond donors (Lipinski definition) is 1. The van der Waals surface area contributed by atoms with Crippen LogP contribution < -0.4 is 5.32 Å². The fourth-order valence-corrected chi connectivity index (χ4v) is 2.45. The van der Waals surface area contributed by atoms with Gasteiger partial charge < -0.3 is 5.32 Å². The summed E-state index contributed by atoms with van der Waals surface area (Å²) in [7, 11) is 0. The highest BCUT2D eigenvalue weighted by atomic mass is 14.9. The summed E-state index contributed by atoms with van der Waals surface area (Å²) in [6, 6.07) is 0. The summed E-state index contributed by atoms with van der Waals surface area (Å²) < 4.78 is 0. The minimum atomic E-state index is 0.489. The molecule has 2 rings (SSSR count). The Morgan fingerprint density at radius 1 is 1.24 bits per heavy atom. The van der Waals surface area contributed by atoms with E-state index in [0.717, 1.165) is 18.9 Å². The smallest absolute Gasteiger partial charge is 0.131 e. The molecule has 0 spiro atoms. The Kier molecular flexibility index (Phi) is 3.77. The molecule has 1 fully saturated rings. The molecule has 1 atom stereocenters. The van der Waals surface area contributed by atoms with Gasteiger partial charge in [-0.05, 0) is 44.7 Å². The predicted octanol–water partition coefficient (Wildman–Crippen LogP) is 2.68. The Balaban J connectivity index is 2.21. The lowest BCUT2D eigenvalue weighted by Gasteiger charge is -2.17. The van der Waals surface area contributed by atoms with Gasteiger partial charge >= 0.3 is 0 Å². The van der Waals surface area contributed by atoms with Crippen molar-refractivity contribution in [1.82, 2.24) is 15.3 Å². The van der Waals surface area contributed by atoms with Crippen molar-refractivity contribution in [2.75, 3.05) is 13.1 Å². The van der Waals surface area contributed by atoms with Crippen LogP contribution in [0.1, 0.15) is 61.3 Å². The van der Waals surface area contributed by atoms with Gasteiger partial charge in [0.2, 0.25) is 0 Å². The van der Waals surface area contributed by atoms with Gasteiger partial charge in [-0.2, -0.15) is 0 Å². The van der Waals surface area contributed by atoms with Gasteiger partial charge in [0.25, 0.3) is 0 Å². The van der Waals surface area contributed by atoms with Gasteiger partial charge in [-0.25, -0.2) is 9.97 Å². The third-order valence-corrected chi connectivity index (χ3v) is 3.48. The third kappa shape index (κ3) is 2.83. The van der Waals surface area contributed by atoms with Crippen molar-refractivity contribution < 1.29 is 0 Å². The summed E-state index contributed by atoms with van der Waals surface area (Å²) in [4.78, 5) is 9.37. The predicted molar refractivity (Wildman–Crippen MR) is 70.4 cm³/mol. The van der Waals surface area contributed by atoms with Crippen molar-refractivity contribution in [2.24, 2.45) is 0 Å². The van der Waals surface area contributed by atoms with Crippen LogP contribution in [0.5, 0.6) is 0 Å². The fourth-order valence-electron chi connectivity index (χ4n) is 2.45. The summed E-state index contributed by atoms with van der Waals surface area (Å²) in [6.45, 7) is 10.7. The van der Waals surface area contributed by atoms with E-state index in [0.29, 0.717) is 11.8 Å². The minimum Gasteiger partial charge on any atom is -0.316 e. The van der Waals surface area contributed by atoms with Crippen molar-refractivity contribution in [1.29, 1.82) is 0 Å². The molecule has 0 bridgehead atoms. The van der Waals surface area contributed by atoms with Crippen LogP contribution in [-0.4, -0.2) is 23.1 Å². The van der Waals surface area contributed by atoms with Gasteiger partial charge in [0.15, 0.2) is 0 Å². The second-order valence-corrected chi connectivity index (χ2v) is 5.15. The first-order valence-electron chi connectivity index (χ1n) is 6.69. The molecular formula is C14H23N3. The minimum absolute atomic E-state index is 0.489. The first-order valence-corrected chi connectivity index (χ1v) is 6.69. The van der Waals surface area contributed by atoms with Crippen molar-refractivity contribution >= 4 is 0 Å². The monoisotopic (exact) mass is 233 g/mol. The Hall–Kier alpha value is -0.960. The zero-order chi connectivity index (χ0) is 12.4. The molecule has 0 radical (unpaired) electrons. The van der Waals surface area contributed by atoms with Crippen LogP contribution >= 0.6 is 0 Å². The SMILES string of the molecule is CCNCC(C)c1c(C)nc(C2CC2)nc1C. The maximum atomic E-state index is 4.69. The molecule has 1 N–H and O–H groups in total. The van der Waals surface area contributed by atoms with Crippen molar-refractivity contribution in [3.05, 3.63) is 22.8 Å². The molecular weight excluding hydrogens is 210 g/mol. The van der Waals surface area contributed by atoms with Crippen molar-refractivity contribution in [3.63, 3.8) is 0 Å². The van der Waals surface area contributed by atoms with Crippen LogP contribution in [0.4, 0.5) is 0 Å². The molecule has 17 heavy (non-hydrogen) atoms. The Morgan fingerprint density at radius 3 is 2.29 bits per heavy atom. The average Bonchev–Trinajstić information content (AvgIpc) is 3.08. The highest BCUT2D eigenvalue weighted by Crippen LogP contribution is 2.38. The maximum Gasteiger partial charge on any atom is 0.131 e. The van der Waals surface area contributed by atoms with E-state index in [1.165, 1.54) is 29.8 Å². The number of likely N-dealkylation sites (N-methyl/N-ethyl adjacent to an activating group) is 1. The molecule has 0 aliphatic heterocycles. The molecule has 3 heteroatoms. The van der Waals surface area contributed by atoms with Gasteiger partial charge in [0.05, 0.1) is 0 Å². The molecule has 3 nitrogen and oxygen atoms in total. The molecule has 0 saturated heterocycles. The normalized spacial score (nSPS) is 17.2. The van der Waals surface area contributed by atoms with E-state index in [9.17, 15) is 0 Å². The van der Waals surface area contributed by atoms with Crippen molar-refractivity contribution in [2.45, 2.75) is 52.4 Å². The van der Waals surface area contributed by atoms with Gasteiger partial charge in [-0.1, -0.05) is 13.8 Å². The molecule has 94 valence electrons. The lowest BCUT2D eigenvalue weighted by atomic mass is 9.98. The number of aromatic nitrogens is 2. The molecule has 1 aliphatic carbocycles. The Bertz CT molecular complexity index is 373. The van der Waals surface area contributed by atoms with E-state index in [-0.39, 0.29) is 0 Å². The molecule has 0 aromatic carbocycles. The molecule has 1 saturated carbocycles. The third-order valence-electron chi connectivity index (χ3n) is 3.48. The van der Waals surface area contributed by atoms with Crippen LogP contribution in [0, 0.1) is 13.8 Å². The van der Waals surface area contributed by atoms with Crippen LogP contribution in [0.2, 0.25) is 0 Å². The largest absolute Gasteiger partial charge is 0.316 e. The number of nitrogens with zero attached hydrogens (tertiary/aromatic N) is 2. The number of hydrogen-bond acceptors (Lipinski definition) is 3. The number of rotatable bonds is 5. The summed E-state index contributed by atoms with van der Waals surface area (Å²) in [6.07, 6.45) is 2.54. The number of aryl methyl sites for hydroxylation is 2. The van der Waals surface area contributed by atoms with Gasteiger partial charge in [0, 0.05) is 23.9 Å². The van der Waals surface area contributed by atoms with Gasteiger partial charge in [0.1, 0.15) is 5.82 Å². The topological polar surface area (TPSA) is 37.8 Å². The summed E-state index contributed by atoms with van der Waals surface area (Å²) in [5.74, 6) is 2.20. The lowest BCUT2D eigenvalue weighted by Crippen LogP contribution is -2.21. The highest BCUT2D eigenvalue weighted by Gasteiger charge is 2.28. The maximum absolute atomic E-state index is 4.69. The second kappa shape index (κ2) is 5.13. The fraction of sp³-hybridized carbons (Fsp3) is 0.714. The highest BCUT2D eigenvalue weighted by molar-refractivity contribution is 5.29. The van der Waals surface area contributed by atoms with Crippen LogP contribution in [-0.2, 0) is 0 Å². The molecule has 1 aliphatic rings. The molecule has 0 amide bonds. The standard InChI is InChI=1S/C14H23N3/c1-5-15-8-9(2)13-10(3)16-14(12-6-7-12)17-11(13)4/h9,12,15H,5-8H2,1-4H3. The van der Waals surface area contributed by atoms with E-state index in [4.69, 9.17) is 0 Å². The lowest BCUT2D eigenvalue weighted by molar-refractivity contribution is 0.622. The van der Waals surface area contributed by atoms with Gasteiger partial charge in [-0.3, -0.25) is 0 Å². The Labute approximate surface area is 104 Å². The summed E-state index contributed by atoms with van der Waals surface area (Å²) >= 11 is 0. The zero-order valence-electron chi connectivity index (χ0n) is 11.4. The number of nitrogens with one attached hydrogen (secondary N) is 1. The molecule has 1 aromatic heterocycles. The van der Waals surface area contributed by atoms with Crippen molar-refractivity contribution in [3.8, 4) is 0 Å². The van der Waals surface area contributed by atoms with E-state index in [1.807, 2.05) is 0 Å². The Morgan fingerprint density at radius 2 is 1.82 bits per heavy atom. The quantitative estimate of drug-likeness (QED) is 0.849. The molecule has 1 aromatic rings. The van der Waals surface area contributed by atoms with Crippen LogP contribution in [0.15, 0.2) is 0 Å².